The average Bonchev–Trinajstić information content (AvgIpc) is 2.83. The third-order valence-electron chi connectivity index (χ3n) is 4.08. The van der Waals surface area contributed by atoms with Gasteiger partial charge in [0, 0.05) is 38.3 Å². The number of aromatic nitrogens is 2. The molecule has 0 saturated heterocycles. The van der Waals surface area contributed by atoms with Gasteiger partial charge in [-0.3, -0.25) is 9.48 Å². The molecule has 5 nitrogen and oxygen atoms in total. The Morgan fingerprint density at radius 2 is 2.26 bits per heavy atom. The van der Waals surface area contributed by atoms with E-state index in [4.69, 9.17) is 5.73 Å². The fourth-order valence-corrected chi connectivity index (χ4v) is 3.00. The van der Waals surface area contributed by atoms with E-state index in [2.05, 4.69) is 5.10 Å². The molecule has 5 heteroatoms. The lowest BCUT2D eigenvalue weighted by molar-refractivity contribution is -0.137. The van der Waals surface area contributed by atoms with Crippen molar-refractivity contribution in [3.63, 3.8) is 0 Å². The number of aryl methyl sites for hydroxylation is 1. The molecule has 1 aliphatic rings. The molecule has 1 heterocycles. The van der Waals surface area contributed by atoms with Gasteiger partial charge >= 0.3 is 0 Å². The summed E-state index contributed by atoms with van der Waals surface area (Å²) in [6.07, 6.45) is 8.19. The van der Waals surface area contributed by atoms with Crippen LogP contribution in [0.2, 0.25) is 0 Å². The highest BCUT2D eigenvalue weighted by atomic mass is 16.2. The van der Waals surface area contributed by atoms with E-state index in [0.29, 0.717) is 19.0 Å². The molecule has 1 saturated carbocycles. The lowest BCUT2D eigenvalue weighted by Gasteiger charge is -2.32. The second-order valence-electron chi connectivity index (χ2n) is 5.60. The zero-order valence-corrected chi connectivity index (χ0v) is 11.9. The standard InChI is InChI=1S/C14H24N4O/c1-17(9-11-8-16-18(2)10-11)14(19)13-6-4-3-5-12(13)7-15/h8,10,12-13H,3-7,9,15H2,1-2H3. The van der Waals surface area contributed by atoms with Crippen molar-refractivity contribution in [1.82, 2.24) is 14.7 Å². The number of hydrogen-bond acceptors (Lipinski definition) is 3. The van der Waals surface area contributed by atoms with Crippen LogP contribution < -0.4 is 5.73 Å². The highest BCUT2D eigenvalue weighted by Gasteiger charge is 2.31. The average molecular weight is 264 g/mol. The molecule has 2 N–H and O–H groups in total. The second kappa shape index (κ2) is 6.19. The van der Waals surface area contributed by atoms with Gasteiger partial charge in [0.15, 0.2) is 0 Å². The maximum atomic E-state index is 12.5. The van der Waals surface area contributed by atoms with Crippen molar-refractivity contribution in [1.29, 1.82) is 0 Å². The van der Waals surface area contributed by atoms with Crippen LogP contribution in [0.5, 0.6) is 0 Å². The van der Waals surface area contributed by atoms with Gasteiger partial charge in [0.25, 0.3) is 0 Å². The molecular formula is C14H24N4O. The monoisotopic (exact) mass is 264 g/mol. The summed E-state index contributed by atoms with van der Waals surface area (Å²) in [6.45, 7) is 1.25. The lowest BCUT2D eigenvalue weighted by Crippen LogP contribution is -2.40. The van der Waals surface area contributed by atoms with E-state index >= 15 is 0 Å². The van der Waals surface area contributed by atoms with Gasteiger partial charge in [-0.15, -0.1) is 0 Å². The van der Waals surface area contributed by atoms with E-state index in [1.54, 1.807) is 4.68 Å². The number of rotatable bonds is 4. The van der Waals surface area contributed by atoms with E-state index in [1.165, 1.54) is 6.42 Å². The van der Waals surface area contributed by atoms with Crippen LogP contribution in [0.3, 0.4) is 0 Å². The highest BCUT2D eigenvalue weighted by molar-refractivity contribution is 5.79. The normalized spacial score (nSPS) is 23.3. The maximum absolute atomic E-state index is 12.5. The Bertz CT molecular complexity index is 429. The van der Waals surface area contributed by atoms with Gasteiger partial charge in [-0.1, -0.05) is 12.8 Å². The van der Waals surface area contributed by atoms with Crippen LogP contribution in [0.4, 0.5) is 0 Å². The van der Waals surface area contributed by atoms with Crippen LogP contribution in [0.15, 0.2) is 12.4 Å². The van der Waals surface area contributed by atoms with Gasteiger partial charge in [0.1, 0.15) is 0 Å². The van der Waals surface area contributed by atoms with Crippen LogP contribution in [0.25, 0.3) is 0 Å². The summed E-state index contributed by atoms with van der Waals surface area (Å²) in [4.78, 5) is 14.3. The second-order valence-corrected chi connectivity index (χ2v) is 5.60. The minimum absolute atomic E-state index is 0.112. The first kappa shape index (κ1) is 14.1. The molecule has 19 heavy (non-hydrogen) atoms. The molecule has 1 aromatic rings. The topological polar surface area (TPSA) is 64.2 Å². The molecule has 2 atom stereocenters. The molecule has 1 aliphatic carbocycles. The number of nitrogens with two attached hydrogens (primary N) is 1. The van der Waals surface area contributed by atoms with E-state index in [-0.39, 0.29) is 11.8 Å². The summed E-state index contributed by atoms with van der Waals surface area (Å²) in [6, 6.07) is 0. The SMILES string of the molecule is CN(Cc1cnn(C)c1)C(=O)C1CCCCC1CN. The summed E-state index contributed by atoms with van der Waals surface area (Å²) >= 11 is 0. The van der Waals surface area contributed by atoms with Gasteiger partial charge in [0.2, 0.25) is 5.91 Å². The number of carbonyl (C=O) groups is 1. The van der Waals surface area contributed by atoms with E-state index in [9.17, 15) is 4.79 Å². The van der Waals surface area contributed by atoms with Crippen molar-refractivity contribution < 1.29 is 4.79 Å². The van der Waals surface area contributed by atoms with Crippen LogP contribution in [-0.2, 0) is 18.4 Å². The van der Waals surface area contributed by atoms with Gasteiger partial charge in [-0.2, -0.15) is 5.10 Å². The number of nitrogens with zero attached hydrogens (tertiary/aromatic N) is 3. The van der Waals surface area contributed by atoms with E-state index < -0.39 is 0 Å². The Hall–Kier alpha value is -1.36. The van der Waals surface area contributed by atoms with Crippen molar-refractivity contribution in [2.45, 2.75) is 32.2 Å². The fraction of sp³-hybridized carbons (Fsp3) is 0.714. The molecule has 1 fully saturated rings. The highest BCUT2D eigenvalue weighted by Crippen LogP contribution is 2.30. The number of hydrogen-bond donors (Lipinski definition) is 1. The Morgan fingerprint density at radius 1 is 1.53 bits per heavy atom. The smallest absolute Gasteiger partial charge is 0.226 e. The van der Waals surface area contributed by atoms with Crippen LogP contribution in [-0.4, -0.2) is 34.2 Å². The largest absolute Gasteiger partial charge is 0.341 e. The summed E-state index contributed by atoms with van der Waals surface area (Å²) in [5.74, 6) is 0.706. The van der Waals surface area contributed by atoms with E-state index in [0.717, 1.165) is 24.8 Å². The lowest BCUT2D eigenvalue weighted by atomic mass is 9.78. The van der Waals surface area contributed by atoms with Crippen molar-refractivity contribution >= 4 is 5.91 Å². The van der Waals surface area contributed by atoms with Gasteiger partial charge in [-0.05, 0) is 25.3 Å². The van der Waals surface area contributed by atoms with Gasteiger partial charge < -0.3 is 10.6 Å². The van der Waals surface area contributed by atoms with Crippen LogP contribution in [0.1, 0.15) is 31.2 Å². The molecule has 0 aliphatic heterocycles. The Balaban J connectivity index is 1.97. The molecule has 2 rings (SSSR count). The van der Waals surface area contributed by atoms with Crippen LogP contribution >= 0.6 is 0 Å². The molecule has 0 spiro atoms. The van der Waals surface area contributed by atoms with E-state index in [1.807, 2.05) is 31.4 Å². The molecule has 0 radical (unpaired) electrons. The third-order valence-corrected chi connectivity index (χ3v) is 4.08. The summed E-state index contributed by atoms with van der Waals surface area (Å²) < 4.78 is 1.76. The Kier molecular flexibility index (Phi) is 4.58. The van der Waals surface area contributed by atoms with Gasteiger partial charge in [0.05, 0.1) is 6.20 Å². The summed E-state index contributed by atoms with van der Waals surface area (Å²) in [5.41, 5.74) is 6.87. The minimum Gasteiger partial charge on any atom is -0.341 e. The molecule has 106 valence electrons. The third kappa shape index (κ3) is 3.35. The molecule has 1 amide bonds. The zero-order valence-electron chi connectivity index (χ0n) is 11.9. The predicted molar refractivity (Wildman–Crippen MR) is 74.2 cm³/mol. The van der Waals surface area contributed by atoms with Crippen molar-refractivity contribution in [2.24, 2.45) is 24.6 Å². The predicted octanol–water partition coefficient (Wildman–Crippen LogP) is 1.14. The summed E-state index contributed by atoms with van der Waals surface area (Å²) in [5, 5.41) is 4.13. The molecule has 1 aromatic heterocycles. The quantitative estimate of drug-likeness (QED) is 0.887. The first-order chi connectivity index (χ1) is 9.11. The molecule has 2 unspecified atom stereocenters. The summed E-state index contributed by atoms with van der Waals surface area (Å²) in [7, 11) is 3.76. The Morgan fingerprint density at radius 3 is 2.89 bits per heavy atom. The number of carbonyl (C=O) groups excluding carboxylic acids is 1. The first-order valence-electron chi connectivity index (χ1n) is 7.04. The first-order valence-corrected chi connectivity index (χ1v) is 7.04. The molecule has 0 bridgehead atoms. The van der Waals surface area contributed by atoms with Crippen molar-refractivity contribution in [3.8, 4) is 0 Å². The van der Waals surface area contributed by atoms with Crippen molar-refractivity contribution in [3.05, 3.63) is 18.0 Å². The van der Waals surface area contributed by atoms with Gasteiger partial charge in [-0.25, -0.2) is 0 Å². The molecular weight excluding hydrogens is 240 g/mol. The van der Waals surface area contributed by atoms with Crippen LogP contribution in [0, 0.1) is 11.8 Å². The fourth-order valence-electron chi connectivity index (χ4n) is 3.00. The minimum atomic E-state index is 0.112. The maximum Gasteiger partial charge on any atom is 0.226 e. The van der Waals surface area contributed by atoms with Crippen molar-refractivity contribution in [2.75, 3.05) is 13.6 Å². The zero-order chi connectivity index (χ0) is 13.8. The molecule has 0 aromatic carbocycles. The Labute approximate surface area is 114 Å². The number of amides is 1.